The molecular formula is C10H12FNO4S. The standard InChI is InChI=1S/C6H4FNO2.C4H8O2S/c7-5-1-3-6(4-2-5)8(9)10;5-7(6)3-1-2-4-7/h1-4H;1-4H2. The fourth-order valence-electron chi connectivity index (χ4n) is 1.31. The summed E-state index contributed by atoms with van der Waals surface area (Å²) in [5.41, 5.74) is -0.0959. The van der Waals surface area contributed by atoms with Gasteiger partial charge in [-0.3, -0.25) is 10.1 Å². The fraction of sp³-hybridized carbons (Fsp3) is 0.400. The summed E-state index contributed by atoms with van der Waals surface area (Å²) < 4.78 is 33.0. The quantitative estimate of drug-likeness (QED) is 0.571. The fourth-order valence-corrected chi connectivity index (χ4v) is 2.80. The van der Waals surface area contributed by atoms with Crippen molar-refractivity contribution in [3.8, 4) is 0 Å². The Morgan fingerprint density at radius 3 is 1.88 bits per heavy atom. The van der Waals surface area contributed by atoms with Gasteiger partial charge in [-0.25, -0.2) is 12.8 Å². The van der Waals surface area contributed by atoms with E-state index in [0.29, 0.717) is 11.5 Å². The number of benzene rings is 1. The Kier molecular flexibility index (Phi) is 4.56. The summed E-state index contributed by atoms with van der Waals surface area (Å²) in [6, 6.07) is 4.35. The van der Waals surface area contributed by atoms with Crippen LogP contribution in [-0.4, -0.2) is 24.8 Å². The Morgan fingerprint density at radius 2 is 1.59 bits per heavy atom. The molecule has 0 aromatic heterocycles. The van der Waals surface area contributed by atoms with Crippen LogP contribution in [0.2, 0.25) is 0 Å². The second kappa shape index (κ2) is 5.72. The lowest BCUT2D eigenvalue weighted by Crippen LogP contribution is -1.98. The van der Waals surface area contributed by atoms with Crippen molar-refractivity contribution in [1.29, 1.82) is 0 Å². The first kappa shape index (κ1) is 13.6. The van der Waals surface area contributed by atoms with Gasteiger partial charge in [0.1, 0.15) is 15.7 Å². The first-order chi connectivity index (χ1) is 7.91. The average molecular weight is 261 g/mol. The van der Waals surface area contributed by atoms with Gasteiger partial charge < -0.3 is 0 Å². The largest absolute Gasteiger partial charge is 0.269 e. The zero-order valence-corrected chi connectivity index (χ0v) is 9.82. The molecule has 0 atom stereocenters. The van der Waals surface area contributed by atoms with Crippen molar-refractivity contribution in [1.82, 2.24) is 0 Å². The molecule has 0 amide bonds. The van der Waals surface area contributed by atoms with Gasteiger partial charge in [0.15, 0.2) is 0 Å². The molecule has 17 heavy (non-hydrogen) atoms. The van der Waals surface area contributed by atoms with E-state index in [0.717, 1.165) is 37.1 Å². The number of nitro groups is 1. The highest BCUT2D eigenvalue weighted by Crippen LogP contribution is 2.10. The molecule has 0 saturated carbocycles. The highest BCUT2D eigenvalue weighted by Gasteiger charge is 2.16. The molecule has 2 rings (SSSR count). The van der Waals surface area contributed by atoms with Crippen LogP contribution < -0.4 is 0 Å². The Bertz CT molecular complexity index is 472. The maximum Gasteiger partial charge on any atom is 0.269 e. The average Bonchev–Trinajstić information content (AvgIpc) is 2.64. The van der Waals surface area contributed by atoms with Crippen LogP contribution in [0, 0.1) is 15.9 Å². The molecule has 1 fully saturated rings. The van der Waals surface area contributed by atoms with E-state index >= 15 is 0 Å². The molecule has 0 unspecified atom stereocenters. The van der Waals surface area contributed by atoms with Crippen LogP contribution in [0.25, 0.3) is 0 Å². The number of sulfone groups is 1. The zero-order chi connectivity index (χ0) is 12.9. The second-order valence-corrected chi connectivity index (χ2v) is 5.90. The smallest absolute Gasteiger partial charge is 0.258 e. The summed E-state index contributed by atoms with van der Waals surface area (Å²) in [6.45, 7) is 0. The third-order valence-electron chi connectivity index (χ3n) is 2.20. The molecular weight excluding hydrogens is 249 g/mol. The second-order valence-electron chi connectivity index (χ2n) is 3.59. The van der Waals surface area contributed by atoms with Crippen LogP contribution in [0.15, 0.2) is 24.3 Å². The number of nitro benzene ring substituents is 1. The third kappa shape index (κ3) is 4.90. The van der Waals surface area contributed by atoms with Crippen molar-refractivity contribution < 1.29 is 17.7 Å². The Hall–Kier alpha value is -1.50. The molecule has 1 aliphatic heterocycles. The molecule has 0 bridgehead atoms. The number of non-ortho nitro benzene ring substituents is 1. The van der Waals surface area contributed by atoms with Gasteiger partial charge in [-0.2, -0.15) is 0 Å². The van der Waals surface area contributed by atoms with E-state index < -0.39 is 20.6 Å². The molecule has 0 radical (unpaired) electrons. The van der Waals surface area contributed by atoms with E-state index in [1.807, 2.05) is 0 Å². The van der Waals surface area contributed by atoms with Gasteiger partial charge in [-0.05, 0) is 25.0 Å². The highest BCUT2D eigenvalue weighted by molar-refractivity contribution is 7.91. The van der Waals surface area contributed by atoms with E-state index in [1.165, 1.54) is 0 Å². The number of hydrogen-bond acceptors (Lipinski definition) is 4. The topological polar surface area (TPSA) is 77.3 Å². The summed E-state index contributed by atoms with van der Waals surface area (Å²) in [6.07, 6.45) is 1.75. The zero-order valence-electron chi connectivity index (χ0n) is 9.00. The molecule has 1 heterocycles. The first-order valence-electron chi connectivity index (χ1n) is 5.01. The van der Waals surface area contributed by atoms with Gasteiger partial charge in [-0.15, -0.1) is 0 Å². The molecule has 0 N–H and O–H groups in total. The van der Waals surface area contributed by atoms with Gasteiger partial charge >= 0.3 is 0 Å². The van der Waals surface area contributed by atoms with E-state index in [-0.39, 0.29) is 5.69 Å². The van der Waals surface area contributed by atoms with Crippen molar-refractivity contribution in [3.63, 3.8) is 0 Å². The summed E-state index contributed by atoms with van der Waals surface area (Å²) in [7, 11) is -2.55. The Labute approximate surface area is 98.3 Å². The van der Waals surface area contributed by atoms with Gasteiger partial charge in [0.25, 0.3) is 5.69 Å². The molecule has 1 aromatic rings. The summed E-state index contributed by atoms with van der Waals surface area (Å²) in [4.78, 5) is 9.43. The normalized spacial score (nSPS) is 17.0. The van der Waals surface area contributed by atoms with E-state index in [9.17, 15) is 22.9 Å². The van der Waals surface area contributed by atoms with Gasteiger partial charge in [-0.1, -0.05) is 0 Å². The van der Waals surface area contributed by atoms with Crippen molar-refractivity contribution in [2.75, 3.05) is 11.5 Å². The molecule has 0 spiro atoms. The maximum atomic E-state index is 12.1. The molecule has 0 aliphatic carbocycles. The number of rotatable bonds is 1. The molecule has 1 aromatic carbocycles. The predicted octanol–water partition coefficient (Wildman–Crippen LogP) is 1.93. The van der Waals surface area contributed by atoms with E-state index in [1.54, 1.807) is 0 Å². The minimum Gasteiger partial charge on any atom is -0.258 e. The maximum absolute atomic E-state index is 12.1. The minimum atomic E-state index is -2.55. The van der Waals surface area contributed by atoms with Crippen molar-refractivity contribution in [3.05, 3.63) is 40.2 Å². The lowest BCUT2D eigenvalue weighted by molar-refractivity contribution is -0.384. The number of nitrogens with zero attached hydrogens (tertiary/aromatic N) is 1. The lowest BCUT2D eigenvalue weighted by Gasteiger charge is -1.87. The predicted molar refractivity (Wildman–Crippen MR) is 60.9 cm³/mol. The monoisotopic (exact) mass is 261 g/mol. The number of halogens is 1. The summed E-state index contributed by atoms with van der Waals surface area (Å²) in [5, 5.41) is 10.00. The first-order valence-corrected chi connectivity index (χ1v) is 6.83. The molecule has 1 saturated heterocycles. The molecule has 5 nitrogen and oxygen atoms in total. The molecule has 1 aliphatic rings. The number of hydrogen-bond donors (Lipinski definition) is 0. The van der Waals surface area contributed by atoms with Crippen LogP contribution >= 0.6 is 0 Å². The van der Waals surface area contributed by atoms with Crippen LogP contribution in [0.5, 0.6) is 0 Å². The highest BCUT2D eigenvalue weighted by atomic mass is 32.2. The van der Waals surface area contributed by atoms with Crippen molar-refractivity contribution in [2.45, 2.75) is 12.8 Å². The minimum absolute atomic E-state index is 0.0959. The SMILES string of the molecule is O=S1(=O)CCCC1.O=[N+]([O-])c1ccc(F)cc1. The summed E-state index contributed by atoms with van der Waals surface area (Å²) in [5.74, 6) is 0.380. The van der Waals surface area contributed by atoms with Crippen LogP contribution in [0.4, 0.5) is 10.1 Å². The van der Waals surface area contributed by atoms with Gasteiger partial charge in [0, 0.05) is 12.1 Å². The third-order valence-corrected chi connectivity index (χ3v) is 4.02. The van der Waals surface area contributed by atoms with Gasteiger partial charge in [0.2, 0.25) is 0 Å². The van der Waals surface area contributed by atoms with Gasteiger partial charge in [0.05, 0.1) is 16.4 Å². The van der Waals surface area contributed by atoms with Crippen LogP contribution in [-0.2, 0) is 9.84 Å². The molecule has 94 valence electrons. The van der Waals surface area contributed by atoms with E-state index in [4.69, 9.17) is 0 Å². The summed E-state index contributed by atoms with van der Waals surface area (Å²) >= 11 is 0. The van der Waals surface area contributed by atoms with Crippen LogP contribution in [0.1, 0.15) is 12.8 Å². The Morgan fingerprint density at radius 1 is 1.12 bits per heavy atom. The van der Waals surface area contributed by atoms with Crippen molar-refractivity contribution >= 4 is 15.5 Å². The van der Waals surface area contributed by atoms with E-state index in [2.05, 4.69) is 0 Å². The lowest BCUT2D eigenvalue weighted by atomic mass is 10.3. The van der Waals surface area contributed by atoms with Crippen molar-refractivity contribution in [2.24, 2.45) is 0 Å². The van der Waals surface area contributed by atoms with Crippen LogP contribution in [0.3, 0.4) is 0 Å². The molecule has 7 heteroatoms. The Balaban J connectivity index is 0.000000181.